The number of rotatable bonds is 7. The van der Waals surface area contributed by atoms with Crippen molar-refractivity contribution in [1.82, 2.24) is 0 Å². The third kappa shape index (κ3) is 5.23. The summed E-state index contributed by atoms with van der Waals surface area (Å²) in [7, 11) is 1.47. The molecule has 0 aliphatic rings. The van der Waals surface area contributed by atoms with E-state index < -0.39 is 11.9 Å². The zero-order valence-corrected chi connectivity index (χ0v) is 20.0. The second-order valence-corrected chi connectivity index (χ2v) is 8.43. The molecule has 3 rings (SSSR count). The van der Waals surface area contributed by atoms with Crippen LogP contribution in [0.2, 0.25) is 0 Å². The van der Waals surface area contributed by atoms with E-state index in [1.165, 1.54) is 7.11 Å². The fourth-order valence-electron chi connectivity index (χ4n) is 3.40. The van der Waals surface area contributed by atoms with E-state index in [-0.39, 0.29) is 23.1 Å². The molecule has 0 aliphatic heterocycles. The van der Waals surface area contributed by atoms with Crippen LogP contribution in [0, 0.1) is 20.8 Å². The first kappa shape index (κ1) is 24.0. The summed E-state index contributed by atoms with van der Waals surface area (Å²) in [5.41, 5.74) is 3.60. The van der Waals surface area contributed by atoms with Crippen molar-refractivity contribution in [2.45, 2.75) is 27.7 Å². The quantitative estimate of drug-likeness (QED) is 0.457. The number of ether oxygens (including phenoxy) is 2. The van der Waals surface area contributed by atoms with Crippen molar-refractivity contribution < 1.29 is 23.9 Å². The molecule has 1 heterocycles. The molecule has 2 amide bonds. The van der Waals surface area contributed by atoms with Crippen LogP contribution < -0.4 is 15.4 Å². The molecule has 0 atom stereocenters. The van der Waals surface area contributed by atoms with E-state index in [0.29, 0.717) is 27.4 Å². The minimum absolute atomic E-state index is 0.163. The Morgan fingerprint density at radius 1 is 0.970 bits per heavy atom. The van der Waals surface area contributed by atoms with Gasteiger partial charge in [-0.3, -0.25) is 9.59 Å². The van der Waals surface area contributed by atoms with E-state index in [4.69, 9.17) is 9.47 Å². The molecule has 0 bridgehead atoms. The van der Waals surface area contributed by atoms with Crippen LogP contribution in [0.15, 0.2) is 42.5 Å². The number of methoxy groups -OCH3 is 1. The summed E-state index contributed by atoms with van der Waals surface area (Å²) < 4.78 is 10.4. The molecule has 0 unspecified atom stereocenters. The highest BCUT2D eigenvalue weighted by molar-refractivity contribution is 7.19. The topological polar surface area (TPSA) is 93.7 Å². The largest absolute Gasteiger partial charge is 0.496 e. The Kier molecular flexibility index (Phi) is 7.50. The molecule has 0 aliphatic carbocycles. The number of esters is 1. The Labute approximate surface area is 196 Å². The average molecular weight is 467 g/mol. The van der Waals surface area contributed by atoms with Crippen LogP contribution in [0.5, 0.6) is 5.75 Å². The monoisotopic (exact) mass is 466 g/mol. The Bertz CT molecular complexity index is 1220. The minimum atomic E-state index is -0.604. The van der Waals surface area contributed by atoms with Crippen LogP contribution in [-0.4, -0.2) is 31.5 Å². The summed E-state index contributed by atoms with van der Waals surface area (Å²) in [5.74, 6) is -1.03. The maximum absolute atomic E-state index is 13.1. The zero-order chi connectivity index (χ0) is 24.1. The van der Waals surface area contributed by atoms with Crippen molar-refractivity contribution in [2.75, 3.05) is 24.4 Å². The molecular formula is C25H26N2O5S. The van der Waals surface area contributed by atoms with Crippen LogP contribution >= 0.6 is 11.3 Å². The van der Waals surface area contributed by atoms with Crippen molar-refractivity contribution in [3.63, 3.8) is 0 Å². The summed E-state index contributed by atoms with van der Waals surface area (Å²) in [5, 5.41) is 5.90. The average Bonchev–Trinajstić information content (AvgIpc) is 3.11. The number of carbonyl (C=O) groups excluding carboxylic acids is 3. The van der Waals surface area contributed by atoms with Gasteiger partial charge in [0.2, 0.25) is 0 Å². The Morgan fingerprint density at radius 3 is 2.36 bits per heavy atom. The number of para-hydroxylation sites is 1. The highest BCUT2D eigenvalue weighted by Gasteiger charge is 2.27. The fraction of sp³-hybridized carbons (Fsp3) is 0.240. The molecule has 3 aromatic rings. The molecule has 8 heteroatoms. The van der Waals surface area contributed by atoms with Gasteiger partial charge in [0.15, 0.2) is 0 Å². The molecule has 2 N–H and O–H groups in total. The van der Waals surface area contributed by atoms with Gasteiger partial charge in [-0.1, -0.05) is 29.8 Å². The molecule has 33 heavy (non-hydrogen) atoms. The van der Waals surface area contributed by atoms with Crippen LogP contribution in [0.3, 0.4) is 0 Å². The molecule has 0 radical (unpaired) electrons. The minimum Gasteiger partial charge on any atom is -0.496 e. The smallest absolute Gasteiger partial charge is 0.341 e. The first-order valence-electron chi connectivity index (χ1n) is 10.4. The summed E-state index contributed by atoms with van der Waals surface area (Å²) in [6, 6.07) is 12.5. The third-order valence-electron chi connectivity index (χ3n) is 5.04. The van der Waals surface area contributed by atoms with E-state index in [1.54, 1.807) is 38.1 Å². The number of benzene rings is 2. The summed E-state index contributed by atoms with van der Waals surface area (Å²) >= 11 is 1.03. The van der Waals surface area contributed by atoms with Gasteiger partial charge in [0.1, 0.15) is 10.8 Å². The summed E-state index contributed by atoms with van der Waals surface area (Å²) in [6.45, 7) is 7.41. The molecule has 7 nitrogen and oxygen atoms in total. The Hall–Kier alpha value is -3.65. The highest BCUT2D eigenvalue weighted by atomic mass is 32.1. The Balaban J connectivity index is 1.97. The maximum atomic E-state index is 13.1. The van der Waals surface area contributed by atoms with Gasteiger partial charge >= 0.3 is 5.97 Å². The number of amides is 2. The lowest BCUT2D eigenvalue weighted by Gasteiger charge is -2.09. The lowest BCUT2D eigenvalue weighted by Crippen LogP contribution is -2.16. The lowest BCUT2D eigenvalue weighted by atomic mass is 10.1. The van der Waals surface area contributed by atoms with Crippen molar-refractivity contribution in [3.8, 4) is 5.75 Å². The predicted molar refractivity (Wildman–Crippen MR) is 130 cm³/mol. The molecule has 2 aromatic carbocycles. The van der Waals surface area contributed by atoms with Gasteiger partial charge in [0.25, 0.3) is 11.8 Å². The van der Waals surface area contributed by atoms with Crippen LogP contribution in [0.25, 0.3) is 0 Å². The second-order valence-electron chi connectivity index (χ2n) is 7.41. The van der Waals surface area contributed by atoms with Gasteiger partial charge in [-0.05, 0) is 57.0 Å². The highest BCUT2D eigenvalue weighted by Crippen LogP contribution is 2.35. The normalized spacial score (nSPS) is 10.5. The van der Waals surface area contributed by atoms with E-state index in [9.17, 15) is 14.4 Å². The summed E-state index contributed by atoms with van der Waals surface area (Å²) in [4.78, 5) is 39.0. The third-order valence-corrected chi connectivity index (χ3v) is 6.25. The van der Waals surface area contributed by atoms with Gasteiger partial charge in [-0.25, -0.2) is 4.79 Å². The van der Waals surface area contributed by atoms with Crippen LogP contribution in [0.1, 0.15) is 54.0 Å². The van der Waals surface area contributed by atoms with E-state index in [2.05, 4.69) is 10.6 Å². The standard InChI is InChI=1S/C25H26N2O5S/c1-6-32-25(30)20-16(4)21(23(29)26-18-12-11-14(2)13-15(18)3)33-24(20)27-22(28)17-9-7-8-10-19(17)31-5/h7-13H,6H2,1-5H3,(H,26,29)(H,27,28). The van der Waals surface area contributed by atoms with Crippen molar-refractivity contribution in [2.24, 2.45) is 0 Å². The van der Waals surface area contributed by atoms with E-state index in [0.717, 1.165) is 22.5 Å². The van der Waals surface area contributed by atoms with E-state index >= 15 is 0 Å². The van der Waals surface area contributed by atoms with Gasteiger partial charge in [0, 0.05) is 5.69 Å². The van der Waals surface area contributed by atoms with E-state index in [1.807, 2.05) is 32.0 Å². The molecule has 0 fully saturated rings. The zero-order valence-electron chi connectivity index (χ0n) is 19.2. The Morgan fingerprint density at radius 2 is 1.70 bits per heavy atom. The number of carbonyl (C=O) groups is 3. The number of nitrogens with one attached hydrogen (secondary N) is 2. The number of aryl methyl sites for hydroxylation is 2. The molecular weight excluding hydrogens is 440 g/mol. The number of hydrogen-bond acceptors (Lipinski definition) is 6. The number of anilines is 2. The van der Waals surface area contributed by atoms with Gasteiger partial charge in [-0.15, -0.1) is 11.3 Å². The maximum Gasteiger partial charge on any atom is 0.341 e. The first-order chi connectivity index (χ1) is 15.8. The molecule has 1 aromatic heterocycles. The summed E-state index contributed by atoms with van der Waals surface area (Å²) in [6.07, 6.45) is 0. The predicted octanol–water partition coefficient (Wildman–Crippen LogP) is 5.36. The molecule has 0 spiro atoms. The van der Waals surface area contributed by atoms with Crippen molar-refractivity contribution >= 4 is 39.8 Å². The number of hydrogen-bond donors (Lipinski definition) is 2. The van der Waals surface area contributed by atoms with Gasteiger partial charge in [0.05, 0.1) is 29.7 Å². The van der Waals surface area contributed by atoms with Gasteiger partial charge < -0.3 is 20.1 Å². The van der Waals surface area contributed by atoms with Crippen molar-refractivity contribution in [3.05, 3.63) is 75.2 Å². The number of thiophene rings is 1. The molecule has 172 valence electrons. The van der Waals surface area contributed by atoms with Crippen molar-refractivity contribution in [1.29, 1.82) is 0 Å². The second kappa shape index (κ2) is 10.3. The molecule has 0 saturated heterocycles. The lowest BCUT2D eigenvalue weighted by molar-refractivity contribution is 0.0527. The van der Waals surface area contributed by atoms with Crippen LogP contribution in [0.4, 0.5) is 10.7 Å². The SMILES string of the molecule is CCOC(=O)c1c(NC(=O)c2ccccc2OC)sc(C(=O)Nc2ccc(C)cc2C)c1C. The van der Waals surface area contributed by atoms with Crippen LogP contribution in [-0.2, 0) is 4.74 Å². The van der Waals surface area contributed by atoms with Gasteiger partial charge in [-0.2, -0.15) is 0 Å². The molecule has 0 saturated carbocycles. The fourth-order valence-corrected chi connectivity index (χ4v) is 4.49. The first-order valence-corrected chi connectivity index (χ1v) is 11.2.